The van der Waals surface area contributed by atoms with Crippen LogP contribution in [-0.2, 0) is 0 Å². The van der Waals surface area contributed by atoms with Crippen LogP contribution in [0.25, 0.3) is 0 Å². The summed E-state index contributed by atoms with van der Waals surface area (Å²) in [7, 11) is 0. The maximum Gasteiger partial charge on any atom is 0.261 e. The molecule has 36 valence electrons. The van der Waals surface area contributed by atoms with Gasteiger partial charge in [-0.15, -0.1) is 0 Å². The molecular weight excluding hydrogens is 154 g/mol. The molecule has 0 aromatic rings. The Morgan fingerprint density at radius 1 is 1.67 bits per heavy atom. The average Bonchev–Trinajstić information content (AvgIpc) is 1.73. The predicted molar refractivity (Wildman–Crippen MR) is 22.3 cm³/mol. The summed E-state index contributed by atoms with van der Waals surface area (Å²) in [4.78, 5) is -0.523. The number of hydrogen-bond donors (Lipinski definition) is 0. The molecule has 0 aromatic heterocycles. The van der Waals surface area contributed by atoms with Crippen molar-refractivity contribution in [2.45, 2.75) is 17.2 Å². The van der Waals surface area contributed by atoms with Crippen molar-refractivity contribution >= 4 is 15.9 Å². The number of hydrogen-bond acceptors (Lipinski definition) is 0. The first kappa shape index (κ1) is 4.50. The number of rotatable bonds is 0. The smallest absolute Gasteiger partial charge is 0.206 e. The molecule has 0 bridgehead atoms. The molecule has 0 aliphatic heterocycles. The van der Waals surface area contributed by atoms with E-state index < -0.39 is 10.7 Å². The van der Waals surface area contributed by atoms with Gasteiger partial charge in [0.1, 0.15) is 0 Å². The summed E-state index contributed by atoms with van der Waals surface area (Å²) >= 11 is 2.75. The van der Waals surface area contributed by atoms with Gasteiger partial charge in [-0.2, -0.15) is 0 Å². The van der Waals surface area contributed by atoms with Crippen molar-refractivity contribution in [2.24, 2.45) is 0 Å². The second kappa shape index (κ2) is 0.941. The van der Waals surface area contributed by atoms with Gasteiger partial charge >= 0.3 is 0 Å². The highest BCUT2D eigenvalue weighted by Gasteiger charge is 2.55. The minimum atomic E-state index is -2.38. The molecule has 6 heavy (non-hydrogen) atoms. The van der Waals surface area contributed by atoms with Gasteiger partial charge in [-0.25, -0.2) is 8.78 Å². The van der Waals surface area contributed by atoms with Crippen LogP contribution in [0.3, 0.4) is 0 Å². The summed E-state index contributed by atoms with van der Waals surface area (Å²) in [6.07, 6.45) is 0.0208. The lowest BCUT2D eigenvalue weighted by molar-refractivity contribution is 0.123. The lowest BCUT2D eigenvalue weighted by Crippen LogP contribution is -1.88. The topological polar surface area (TPSA) is 0 Å². The standard InChI is InChI=1S/C3H3BrF2/c4-2-1-3(2,5)6/h2H,1H2/t2-/m0/s1. The van der Waals surface area contributed by atoms with E-state index in [9.17, 15) is 8.78 Å². The average molecular weight is 157 g/mol. The zero-order valence-electron chi connectivity index (χ0n) is 2.92. The molecule has 3 heteroatoms. The van der Waals surface area contributed by atoms with Crippen LogP contribution >= 0.6 is 15.9 Å². The summed E-state index contributed by atoms with van der Waals surface area (Å²) in [6.45, 7) is 0. The van der Waals surface area contributed by atoms with Crippen LogP contribution in [0.5, 0.6) is 0 Å². The normalized spacial score (nSPS) is 39.5. The maximum atomic E-state index is 11.5. The SMILES string of the molecule is FC1(F)C[C@@H]1Br. The molecule has 1 atom stereocenters. The van der Waals surface area contributed by atoms with Crippen LogP contribution in [0.15, 0.2) is 0 Å². The van der Waals surface area contributed by atoms with Crippen LogP contribution in [0.4, 0.5) is 8.78 Å². The fourth-order valence-corrected chi connectivity index (χ4v) is 0.612. The molecule has 0 amide bonds. The summed E-state index contributed by atoms with van der Waals surface area (Å²) in [5, 5.41) is 0. The van der Waals surface area contributed by atoms with Crippen LogP contribution < -0.4 is 0 Å². The summed E-state index contributed by atoms with van der Waals surface area (Å²) in [5.74, 6) is -2.38. The summed E-state index contributed by atoms with van der Waals surface area (Å²) in [6, 6.07) is 0. The molecule has 0 heterocycles. The third-order valence-electron chi connectivity index (χ3n) is 0.750. The highest BCUT2D eigenvalue weighted by molar-refractivity contribution is 9.09. The van der Waals surface area contributed by atoms with Crippen LogP contribution in [-0.4, -0.2) is 10.7 Å². The first-order valence-electron chi connectivity index (χ1n) is 1.65. The van der Waals surface area contributed by atoms with E-state index >= 15 is 0 Å². The molecule has 0 aromatic carbocycles. The van der Waals surface area contributed by atoms with E-state index in [2.05, 4.69) is 15.9 Å². The van der Waals surface area contributed by atoms with E-state index in [4.69, 9.17) is 0 Å². The van der Waals surface area contributed by atoms with Gasteiger partial charge in [-0.05, 0) is 0 Å². The molecule has 0 spiro atoms. The van der Waals surface area contributed by atoms with Crippen molar-refractivity contribution in [3.8, 4) is 0 Å². The molecule has 0 saturated heterocycles. The van der Waals surface area contributed by atoms with Crippen molar-refractivity contribution < 1.29 is 8.78 Å². The molecule has 0 radical (unpaired) electrons. The van der Waals surface area contributed by atoms with Crippen LogP contribution in [0, 0.1) is 0 Å². The van der Waals surface area contributed by atoms with E-state index in [0.29, 0.717) is 0 Å². The van der Waals surface area contributed by atoms with Gasteiger partial charge in [-0.1, -0.05) is 15.9 Å². The van der Waals surface area contributed by atoms with Crippen molar-refractivity contribution in [1.29, 1.82) is 0 Å². The van der Waals surface area contributed by atoms with Gasteiger partial charge in [0.05, 0.1) is 4.83 Å². The predicted octanol–water partition coefficient (Wildman–Crippen LogP) is 1.79. The van der Waals surface area contributed by atoms with E-state index in [0.717, 1.165) is 0 Å². The summed E-state index contributed by atoms with van der Waals surface area (Å²) in [5.41, 5.74) is 0. The maximum absolute atomic E-state index is 11.5. The minimum Gasteiger partial charge on any atom is -0.206 e. The van der Waals surface area contributed by atoms with E-state index in [1.165, 1.54) is 0 Å². The Morgan fingerprint density at radius 3 is 1.83 bits per heavy atom. The largest absolute Gasteiger partial charge is 0.261 e. The first-order valence-corrected chi connectivity index (χ1v) is 2.56. The summed E-state index contributed by atoms with van der Waals surface area (Å²) < 4.78 is 23.0. The third kappa shape index (κ3) is 0.555. The second-order valence-electron chi connectivity index (χ2n) is 1.43. The van der Waals surface area contributed by atoms with Crippen LogP contribution in [0.2, 0.25) is 0 Å². The van der Waals surface area contributed by atoms with Gasteiger partial charge in [0, 0.05) is 6.42 Å². The second-order valence-corrected chi connectivity index (χ2v) is 2.54. The van der Waals surface area contributed by atoms with Crippen molar-refractivity contribution in [2.75, 3.05) is 0 Å². The Bertz CT molecular complexity index is 71.2. The molecular formula is C3H3BrF2. The highest BCUT2D eigenvalue weighted by atomic mass is 79.9. The Labute approximate surface area is 42.7 Å². The third-order valence-corrected chi connectivity index (χ3v) is 1.74. The quantitative estimate of drug-likeness (QED) is 0.470. The molecule has 1 aliphatic carbocycles. The molecule has 0 N–H and O–H groups in total. The number of halogens is 3. The molecule has 1 aliphatic rings. The van der Waals surface area contributed by atoms with Gasteiger partial charge in [0.25, 0.3) is 5.92 Å². The van der Waals surface area contributed by atoms with Crippen molar-refractivity contribution in [1.82, 2.24) is 0 Å². The fraction of sp³-hybridized carbons (Fsp3) is 1.00. The lowest BCUT2D eigenvalue weighted by atomic mass is 10.8. The van der Waals surface area contributed by atoms with Gasteiger partial charge in [0.15, 0.2) is 0 Å². The van der Waals surface area contributed by atoms with E-state index in [-0.39, 0.29) is 6.42 Å². The Kier molecular flexibility index (Phi) is 0.705. The number of alkyl halides is 3. The lowest BCUT2D eigenvalue weighted by Gasteiger charge is -1.80. The Balaban J connectivity index is 2.41. The molecule has 0 nitrogen and oxygen atoms in total. The van der Waals surface area contributed by atoms with E-state index in [1.54, 1.807) is 0 Å². The minimum absolute atomic E-state index is 0.0208. The van der Waals surface area contributed by atoms with Crippen LogP contribution in [0.1, 0.15) is 6.42 Å². The van der Waals surface area contributed by atoms with Crippen molar-refractivity contribution in [3.05, 3.63) is 0 Å². The Morgan fingerprint density at radius 2 is 1.83 bits per heavy atom. The molecule has 1 rings (SSSR count). The monoisotopic (exact) mass is 156 g/mol. The van der Waals surface area contributed by atoms with Crippen molar-refractivity contribution in [3.63, 3.8) is 0 Å². The zero-order valence-corrected chi connectivity index (χ0v) is 4.50. The van der Waals surface area contributed by atoms with E-state index in [1.807, 2.05) is 0 Å². The van der Waals surface area contributed by atoms with Gasteiger partial charge in [-0.3, -0.25) is 0 Å². The Hall–Kier alpha value is 0.340. The van der Waals surface area contributed by atoms with Gasteiger partial charge in [0.2, 0.25) is 0 Å². The first-order chi connectivity index (χ1) is 2.63. The zero-order chi connectivity index (χ0) is 4.78. The van der Waals surface area contributed by atoms with Gasteiger partial charge < -0.3 is 0 Å². The highest BCUT2D eigenvalue weighted by Crippen LogP contribution is 2.47. The fourth-order valence-electron chi connectivity index (χ4n) is 0.180. The molecule has 1 fully saturated rings. The molecule has 0 unspecified atom stereocenters. The molecule has 1 saturated carbocycles.